The number of fused-ring (bicyclic) bond motifs is 1. The van der Waals surface area contributed by atoms with E-state index in [4.69, 9.17) is 0 Å². The highest BCUT2D eigenvalue weighted by atomic mass is 16.1. The maximum atomic E-state index is 11.0. The van der Waals surface area contributed by atoms with Crippen LogP contribution >= 0.6 is 0 Å². The number of hydrogen-bond donors (Lipinski definition) is 2. The molecule has 0 radical (unpaired) electrons. The van der Waals surface area contributed by atoms with Crippen LogP contribution in [-0.4, -0.2) is 34.1 Å². The SMILES string of the molecule is CNC(=O)CNc1nccn2nccc12. The molecule has 2 rings (SSSR count). The lowest BCUT2D eigenvalue weighted by molar-refractivity contribution is -0.118. The van der Waals surface area contributed by atoms with Gasteiger partial charge in [-0.2, -0.15) is 5.10 Å². The molecule has 6 nitrogen and oxygen atoms in total. The van der Waals surface area contributed by atoms with E-state index in [1.165, 1.54) is 0 Å². The van der Waals surface area contributed by atoms with Gasteiger partial charge in [0.1, 0.15) is 5.52 Å². The maximum absolute atomic E-state index is 11.0. The molecule has 0 atom stereocenters. The number of hydrogen-bond acceptors (Lipinski definition) is 4. The van der Waals surface area contributed by atoms with Crippen LogP contribution in [0.5, 0.6) is 0 Å². The summed E-state index contributed by atoms with van der Waals surface area (Å²) in [5.74, 6) is 0.567. The van der Waals surface area contributed by atoms with E-state index in [1.54, 1.807) is 30.2 Å². The lowest BCUT2D eigenvalue weighted by atomic mass is 10.4. The number of anilines is 1. The van der Waals surface area contributed by atoms with Crippen LogP contribution in [0.4, 0.5) is 5.82 Å². The summed E-state index contributed by atoms with van der Waals surface area (Å²) in [7, 11) is 1.59. The summed E-state index contributed by atoms with van der Waals surface area (Å²) >= 11 is 0. The Bertz CT molecular complexity index is 478. The molecule has 0 fully saturated rings. The smallest absolute Gasteiger partial charge is 0.239 e. The van der Waals surface area contributed by atoms with Crippen molar-refractivity contribution in [1.82, 2.24) is 19.9 Å². The van der Waals surface area contributed by atoms with Gasteiger partial charge in [-0.25, -0.2) is 9.50 Å². The highest BCUT2D eigenvalue weighted by molar-refractivity contribution is 5.81. The van der Waals surface area contributed by atoms with Gasteiger partial charge in [0.05, 0.1) is 12.7 Å². The third-order valence-corrected chi connectivity index (χ3v) is 2.02. The van der Waals surface area contributed by atoms with Gasteiger partial charge in [-0.1, -0.05) is 0 Å². The van der Waals surface area contributed by atoms with Crippen molar-refractivity contribution in [2.75, 3.05) is 18.9 Å². The van der Waals surface area contributed by atoms with Gasteiger partial charge in [0, 0.05) is 19.4 Å². The molecule has 0 aliphatic rings. The summed E-state index contributed by atoms with van der Waals surface area (Å²) in [6.07, 6.45) is 5.06. The Morgan fingerprint density at radius 1 is 1.53 bits per heavy atom. The number of rotatable bonds is 3. The van der Waals surface area contributed by atoms with Gasteiger partial charge in [0.25, 0.3) is 0 Å². The van der Waals surface area contributed by atoms with Gasteiger partial charge in [-0.05, 0) is 6.07 Å². The Morgan fingerprint density at radius 3 is 3.20 bits per heavy atom. The summed E-state index contributed by atoms with van der Waals surface area (Å²) in [4.78, 5) is 15.2. The van der Waals surface area contributed by atoms with Crippen molar-refractivity contribution in [3.63, 3.8) is 0 Å². The zero-order valence-corrected chi connectivity index (χ0v) is 8.27. The molecule has 0 aromatic carbocycles. The highest BCUT2D eigenvalue weighted by Gasteiger charge is 2.03. The summed E-state index contributed by atoms with van der Waals surface area (Å²) in [5, 5.41) is 9.53. The van der Waals surface area contributed by atoms with Crippen molar-refractivity contribution in [3.05, 3.63) is 24.7 Å². The molecule has 0 saturated carbocycles. The average Bonchev–Trinajstić information content (AvgIpc) is 2.74. The number of likely N-dealkylation sites (N-methyl/N-ethyl adjacent to an activating group) is 1. The standard InChI is InChI=1S/C9H11N5O/c1-10-8(15)6-12-9-7-2-3-13-14(7)5-4-11-9/h2-5H,6H2,1H3,(H,10,15)(H,11,12). The number of nitrogens with one attached hydrogen (secondary N) is 2. The largest absolute Gasteiger partial charge is 0.359 e. The van der Waals surface area contributed by atoms with Crippen LogP contribution in [0.1, 0.15) is 0 Å². The van der Waals surface area contributed by atoms with Crippen molar-refractivity contribution < 1.29 is 4.79 Å². The second-order valence-electron chi connectivity index (χ2n) is 2.96. The highest BCUT2D eigenvalue weighted by Crippen LogP contribution is 2.11. The minimum absolute atomic E-state index is 0.0849. The number of carbonyl (C=O) groups is 1. The van der Waals surface area contributed by atoms with Crippen LogP contribution in [0.15, 0.2) is 24.7 Å². The predicted octanol–water partition coefficient (Wildman–Crippen LogP) is -0.113. The van der Waals surface area contributed by atoms with Gasteiger partial charge in [-0.3, -0.25) is 4.79 Å². The van der Waals surface area contributed by atoms with E-state index in [0.29, 0.717) is 5.82 Å². The monoisotopic (exact) mass is 205 g/mol. The van der Waals surface area contributed by atoms with Gasteiger partial charge in [0.2, 0.25) is 5.91 Å². The molecular formula is C9H11N5O. The van der Waals surface area contributed by atoms with Gasteiger partial charge in [0.15, 0.2) is 5.82 Å². The van der Waals surface area contributed by atoms with E-state index in [2.05, 4.69) is 20.7 Å². The van der Waals surface area contributed by atoms with Crippen LogP contribution < -0.4 is 10.6 Å². The molecule has 6 heteroatoms. The normalized spacial score (nSPS) is 10.2. The Labute approximate surface area is 86.3 Å². The summed E-state index contributed by atoms with van der Waals surface area (Å²) in [6, 6.07) is 1.83. The summed E-state index contributed by atoms with van der Waals surface area (Å²) < 4.78 is 1.69. The number of aromatic nitrogens is 3. The van der Waals surface area contributed by atoms with Crippen LogP contribution in [0.25, 0.3) is 5.52 Å². The Balaban J connectivity index is 2.20. The molecule has 2 aromatic rings. The molecule has 2 aromatic heterocycles. The van der Waals surface area contributed by atoms with Crippen molar-refractivity contribution in [1.29, 1.82) is 0 Å². The topological polar surface area (TPSA) is 71.3 Å². The lowest BCUT2D eigenvalue weighted by Crippen LogP contribution is -2.26. The third-order valence-electron chi connectivity index (χ3n) is 2.02. The molecule has 1 amide bonds. The minimum Gasteiger partial charge on any atom is -0.359 e. The van der Waals surface area contributed by atoms with Crippen molar-refractivity contribution >= 4 is 17.2 Å². The molecular weight excluding hydrogens is 194 g/mol. The fraction of sp³-hybridized carbons (Fsp3) is 0.222. The van der Waals surface area contributed by atoms with E-state index >= 15 is 0 Å². The van der Waals surface area contributed by atoms with Gasteiger partial charge in [-0.15, -0.1) is 0 Å². The molecule has 15 heavy (non-hydrogen) atoms. The number of carbonyl (C=O) groups excluding carboxylic acids is 1. The number of nitrogens with zero attached hydrogens (tertiary/aromatic N) is 3. The fourth-order valence-electron chi connectivity index (χ4n) is 1.25. The molecule has 2 heterocycles. The molecule has 0 unspecified atom stereocenters. The third kappa shape index (κ3) is 1.88. The molecule has 0 spiro atoms. The summed E-state index contributed by atoms with van der Waals surface area (Å²) in [6.45, 7) is 0.203. The van der Waals surface area contributed by atoms with E-state index in [9.17, 15) is 4.79 Å². The maximum Gasteiger partial charge on any atom is 0.239 e. The molecule has 78 valence electrons. The van der Waals surface area contributed by atoms with Crippen molar-refractivity contribution in [2.45, 2.75) is 0 Å². The van der Waals surface area contributed by atoms with Crippen LogP contribution in [0, 0.1) is 0 Å². The van der Waals surface area contributed by atoms with E-state index in [1.807, 2.05) is 6.07 Å². The predicted molar refractivity (Wildman–Crippen MR) is 55.5 cm³/mol. The Morgan fingerprint density at radius 2 is 2.40 bits per heavy atom. The van der Waals surface area contributed by atoms with E-state index < -0.39 is 0 Å². The second kappa shape index (κ2) is 3.95. The minimum atomic E-state index is -0.0849. The van der Waals surface area contributed by atoms with Crippen molar-refractivity contribution in [2.24, 2.45) is 0 Å². The zero-order valence-electron chi connectivity index (χ0n) is 8.27. The Kier molecular flexibility index (Phi) is 2.49. The first-order valence-electron chi connectivity index (χ1n) is 4.54. The quantitative estimate of drug-likeness (QED) is 0.733. The number of amides is 1. The summed E-state index contributed by atoms with van der Waals surface area (Å²) in [5.41, 5.74) is 0.849. The zero-order chi connectivity index (χ0) is 10.7. The molecule has 0 saturated heterocycles. The molecule has 0 bridgehead atoms. The lowest BCUT2D eigenvalue weighted by Gasteiger charge is -2.05. The van der Waals surface area contributed by atoms with Crippen LogP contribution in [-0.2, 0) is 4.79 Å². The van der Waals surface area contributed by atoms with Crippen LogP contribution in [0.2, 0.25) is 0 Å². The molecule has 0 aliphatic carbocycles. The van der Waals surface area contributed by atoms with Crippen LogP contribution in [0.3, 0.4) is 0 Å². The first-order valence-corrected chi connectivity index (χ1v) is 4.54. The first kappa shape index (κ1) is 9.45. The van der Waals surface area contributed by atoms with Gasteiger partial charge >= 0.3 is 0 Å². The van der Waals surface area contributed by atoms with E-state index in [-0.39, 0.29) is 12.5 Å². The fourth-order valence-corrected chi connectivity index (χ4v) is 1.25. The molecule has 2 N–H and O–H groups in total. The van der Waals surface area contributed by atoms with Gasteiger partial charge < -0.3 is 10.6 Å². The average molecular weight is 205 g/mol. The van der Waals surface area contributed by atoms with E-state index in [0.717, 1.165) is 5.52 Å². The Hall–Kier alpha value is -2.11. The first-order chi connectivity index (χ1) is 7.31. The second-order valence-corrected chi connectivity index (χ2v) is 2.96. The van der Waals surface area contributed by atoms with Crippen molar-refractivity contribution in [3.8, 4) is 0 Å². The molecule has 0 aliphatic heterocycles.